The summed E-state index contributed by atoms with van der Waals surface area (Å²) in [7, 11) is 0. The van der Waals surface area contributed by atoms with E-state index in [-0.39, 0.29) is 5.82 Å². The first-order valence-corrected chi connectivity index (χ1v) is 7.16. The molecular weight excluding hydrogens is 233 g/mol. The molecule has 0 spiro atoms. The number of nitrogen functional groups attached to an aromatic ring is 1. The summed E-state index contributed by atoms with van der Waals surface area (Å²) in [5.74, 6) is 0.605. The molecule has 0 aliphatic heterocycles. The van der Waals surface area contributed by atoms with E-state index < -0.39 is 0 Å². The quantitative estimate of drug-likeness (QED) is 0.791. The fourth-order valence-electron chi connectivity index (χ4n) is 2.44. The highest BCUT2D eigenvalue weighted by atomic mass is 32.2. The van der Waals surface area contributed by atoms with Crippen LogP contribution in [0, 0.1) is 18.7 Å². The lowest BCUT2D eigenvalue weighted by atomic mass is 9.91. The minimum atomic E-state index is -0.205. The summed E-state index contributed by atoms with van der Waals surface area (Å²) in [6.07, 6.45) is 5.15. The molecule has 0 amide bonds. The van der Waals surface area contributed by atoms with E-state index in [4.69, 9.17) is 5.73 Å². The van der Waals surface area contributed by atoms with Crippen molar-refractivity contribution in [2.75, 3.05) is 5.73 Å². The lowest BCUT2D eigenvalue weighted by Gasteiger charge is -2.26. The van der Waals surface area contributed by atoms with Crippen LogP contribution in [-0.2, 0) is 0 Å². The van der Waals surface area contributed by atoms with Gasteiger partial charge in [0.25, 0.3) is 0 Å². The number of nitrogens with two attached hydrogens (primary N) is 1. The van der Waals surface area contributed by atoms with Gasteiger partial charge in [0.15, 0.2) is 0 Å². The van der Waals surface area contributed by atoms with Crippen LogP contribution < -0.4 is 5.73 Å². The SMILES string of the molecule is Cc1cc(SC2CCCC(C)C2)c(N)cc1F. The van der Waals surface area contributed by atoms with Gasteiger partial charge in [-0.2, -0.15) is 0 Å². The summed E-state index contributed by atoms with van der Waals surface area (Å²) in [5.41, 5.74) is 7.15. The molecule has 1 aromatic carbocycles. The second-order valence-electron chi connectivity index (χ2n) is 5.15. The Balaban J connectivity index is 2.10. The minimum absolute atomic E-state index is 0.205. The third kappa shape index (κ3) is 3.15. The van der Waals surface area contributed by atoms with Gasteiger partial charge in [0.1, 0.15) is 5.82 Å². The van der Waals surface area contributed by atoms with Crippen LogP contribution in [0.4, 0.5) is 10.1 Å². The Morgan fingerprint density at radius 3 is 2.82 bits per heavy atom. The number of rotatable bonds is 2. The number of halogens is 1. The molecule has 2 unspecified atom stereocenters. The molecular formula is C14H20FNS. The van der Waals surface area contributed by atoms with Crippen LogP contribution >= 0.6 is 11.8 Å². The number of thioether (sulfide) groups is 1. The summed E-state index contributed by atoms with van der Waals surface area (Å²) < 4.78 is 13.3. The van der Waals surface area contributed by atoms with E-state index in [0.717, 1.165) is 10.8 Å². The lowest BCUT2D eigenvalue weighted by Crippen LogP contribution is -2.15. The molecule has 1 aliphatic carbocycles. The zero-order valence-corrected chi connectivity index (χ0v) is 11.3. The minimum Gasteiger partial charge on any atom is -0.398 e. The summed E-state index contributed by atoms with van der Waals surface area (Å²) >= 11 is 1.83. The number of benzene rings is 1. The van der Waals surface area contributed by atoms with Crippen molar-refractivity contribution in [3.05, 3.63) is 23.5 Å². The van der Waals surface area contributed by atoms with E-state index in [2.05, 4.69) is 6.92 Å². The van der Waals surface area contributed by atoms with Gasteiger partial charge in [-0.15, -0.1) is 11.8 Å². The largest absolute Gasteiger partial charge is 0.398 e. The van der Waals surface area contributed by atoms with Crippen molar-refractivity contribution < 1.29 is 4.39 Å². The number of anilines is 1. The highest BCUT2D eigenvalue weighted by molar-refractivity contribution is 8.00. The van der Waals surface area contributed by atoms with Gasteiger partial charge in [-0.3, -0.25) is 0 Å². The zero-order chi connectivity index (χ0) is 12.4. The molecule has 0 heterocycles. The number of aryl methyl sites for hydroxylation is 1. The topological polar surface area (TPSA) is 26.0 Å². The monoisotopic (exact) mass is 253 g/mol. The molecule has 0 aromatic heterocycles. The summed E-state index contributed by atoms with van der Waals surface area (Å²) in [6, 6.07) is 3.33. The third-order valence-electron chi connectivity index (χ3n) is 3.47. The van der Waals surface area contributed by atoms with Crippen molar-refractivity contribution in [1.82, 2.24) is 0 Å². The fraction of sp³-hybridized carbons (Fsp3) is 0.571. The van der Waals surface area contributed by atoms with Gasteiger partial charge in [-0.05, 0) is 43.4 Å². The van der Waals surface area contributed by atoms with Gasteiger partial charge >= 0.3 is 0 Å². The molecule has 1 saturated carbocycles. The van der Waals surface area contributed by atoms with Crippen molar-refractivity contribution >= 4 is 17.4 Å². The standard InChI is InChI=1S/C14H20FNS/c1-9-4-3-5-11(6-9)17-14-7-10(2)12(15)8-13(14)16/h7-9,11H,3-6,16H2,1-2H3. The van der Waals surface area contributed by atoms with Crippen LogP contribution in [0.2, 0.25) is 0 Å². The highest BCUT2D eigenvalue weighted by Gasteiger charge is 2.20. The average molecular weight is 253 g/mol. The molecule has 2 rings (SSSR count). The van der Waals surface area contributed by atoms with Gasteiger partial charge in [-0.25, -0.2) is 4.39 Å². The molecule has 0 saturated heterocycles. The Morgan fingerprint density at radius 1 is 1.35 bits per heavy atom. The molecule has 1 nitrogen and oxygen atoms in total. The van der Waals surface area contributed by atoms with E-state index in [9.17, 15) is 4.39 Å². The predicted octanol–water partition coefficient (Wildman–Crippen LogP) is 4.39. The molecule has 17 heavy (non-hydrogen) atoms. The van der Waals surface area contributed by atoms with E-state index in [0.29, 0.717) is 16.5 Å². The maximum Gasteiger partial charge on any atom is 0.128 e. The molecule has 1 aromatic rings. The molecule has 2 atom stereocenters. The molecule has 2 N–H and O–H groups in total. The van der Waals surface area contributed by atoms with Crippen molar-refractivity contribution in [3.8, 4) is 0 Å². The summed E-state index contributed by atoms with van der Waals surface area (Å²) in [4.78, 5) is 1.04. The van der Waals surface area contributed by atoms with E-state index in [1.165, 1.54) is 31.7 Å². The number of hydrogen-bond acceptors (Lipinski definition) is 2. The lowest BCUT2D eigenvalue weighted by molar-refractivity contribution is 0.394. The fourth-order valence-corrected chi connectivity index (χ4v) is 3.95. The van der Waals surface area contributed by atoms with Gasteiger partial charge < -0.3 is 5.73 Å². The van der Waals surface area contributed by atoms with Crippen molar-refractivity contribution in [2.45, 2.75) is 49.7 Å². The van der Waals surface area contributed by atoms with Crippen LogP contribution in [0.5, 0.6) is 0 Å². The first-order valence-electron chi connectivity index (χ1n) is 6.28. The van der Waals surface area contributed by atoms with E-state index in [1.54, 1.807) is 6.92 Å². The smallest absolute Gasteiger partial charge is 0.128 e. The average Bonchev–Trinajstić information content (AvgIpc) is 2.26. The van der Waals surface area contributed by atoms with Gasteiger partial charge in [0.05, 0.1) is 0 Å². The summed E-state index contributed by atoms with van der Waals surface area (Å²) in [6.45, 7) is 4.11. The highest BCUT2D eigenvalue weighted by Crippen LogP contribution is 2.38. The van der Waals surface area contributed by atoms with Crippen molar-refractivity contribution in [2.24, 2.45) is 5.92 Å². The van der Waals surface area contributed by atoms with Gasteiger partial charge in [0.2, 0.25) is 0 Å². The molecule has 0 radical (unpaired) electrons. The van der Waals surface area contributed by atoms with Gasteiger partial charge in [-0.1, -0.05) is 19.8 Å². The van der Waals surface area contributed by atoms with Crippen LogP contribution in [0.15, 0.2) is 17.0 Å². The van der Waals surface area contributed by atoms with Gasteiger partial charge in [0, 0.05) is 15.8 Å². The first-order chi connectivity index (χ1) is 8.06. The normalized spacial score (nSPS) is 24.9. The molecule has 3 heteroatoms. The maximum atomic E-state index is 13.3. The van der Waals surface area contributed by atoms with E-state index in [1.807, 2.05) is 17.8 Å². The molecule has 1 aliphatic rings. The summed E-state index contributed by atoms with van der Waals surface area (Å²) in [5, 5.41) is 0.644. The van der Waals surface area contributed by atoms with E-state index >= 15 is 0 Å². The van der Waals surface area contributed by atoms with Crippen LogP contribution in [0.3, 0.4) is 0 Å². The Labute approximate surface area is 107 Å². The Hall–Kier alpha value is -0.700. The predicted molar refractivity (Wildman–Crippen MR) is 72.8 cm³/mol. The maximum absolute atomic E-state index is 13.3. The molecule has 1 fully saturated rings. The molecule has 0 bridgehead atoms. The van der Waals surface area contributed by atoms with Crippen LogP contribution in [-0.4, -0.2) is 5.25 Å². The van der Waals surface area contributed by atoms with Crippen LogP contribution in [0.1, 0.15) is 38.2 Å². The first kappa shape index (κ1) is 12.7. The Bertz CT molecular complexity index is 405. The second-order valence-corrected chi connectivity index (χ2v) is 6.49. The Morgan fingerprint density at radius 2 is 2.12 bits per heavy atom. The third-order valence-corrected chi connectivity index (χ3v) is 4.84. The number of hydrogen-bond donors (Lipinski definition) is 1. The zero-order valence-electron chi connectivity index (χ0n) is 10.5. The van der Waals surface area contributed by atoms with Crippen LogP contribution in [0.25, 0.3) is 0 Å². The van der Waals surface area contributed by atoms with Crippen molar-refractivity contribution in [1.29, 1.82) is 0 Å². The van der Waals surface area contributed by atoms with Crippen molar-refractivity contribution in [3.63, 3.8) is 0 Å². The second kappa shape index (κ2) is 5.30. The Kier molecular flexibility index (Phi) is 3.97. The molecule has 94 valence electrons.